The molecule has 3 rings (SSSR count). The van der Waals surface area contributed by atoms with Crippen LogP contribution in [0.25, 0.3) is 0 Å². The molecule has 1 unspecified atom stereocenters. The molecule has 0 spiro atoms. The van der Waals surface area contributed by atoms with Crippen molar-refractivity contribution in [2.24, 2.45) is 5.92 Å². The van der Waals surface area contributed by atoms with Crippen molar-refractivity contribution in [2.75, 3.05) is 0 Å². The molecule has 2 aromatic rings. The van der Waals surface area contributed by atoms with Crippen LogP contribution in [0.4, 0.5) is 26.3 Å². The Kier molecular flexibility index (Phi) is 6.10. The van der Waals surface area contributed by atoms with Gasteiger partial charge in [-0.3, -0.25) is 9.78 Å². The number of alkyl halides is 5. The molecular formula is C21H20F6N2O. The summed E-state index contributed by atoms with van der Waals surface area (Å²) in [6.45, 7) is 1.43. The van der Waals surface area contributed by atoms with Crippen molar-refractivity contribution in [3.05, 3.63) is 64.7 Å². The summed E-state index contributed by atoms with van der Waals surface area (Å²) < 4.78 is 79.5. The average Bonchev–Trinajstić information content (AvgIpc) is 2.68. The van der Waals surface area contributed by atoms with Gasteiger partial charge in [0.15, 0.2) is 0 Å². The largest absolute Gasteiger partial charge is 0.433 e. The van der Waals surface area contributed by atoms with Gasteiger partial charge in [0, 0.05) is 24.6 Å². The van der Waals surface area contributed by atoms with Crippen LogP contribution in [0.1, 0.15) is 58.9 Å². The number of pyridine rings is 1. The lowest BCUT2D eigenvalue weighted by molar-refractivity contribution is -0.141. The molecule has 1 atom stereocenters. The minimum absolute atomic E-state index is 0.0704. The normalized spacial score (nSPS) is 18.1. The Morgan fingerprint density at radius 2 is 1.83 bits per heavy atom. The monoisotopic (exact) mass is 430 g/mol. The van der Waals surface area contributed by atoms with Crippen LogP contribution in [0.5, 0.6) is 0 Å². The summed E-state index contributed by atoms with van der Waals surface area (Å²) in [5.74, 6) is -4.43. The summed E-state index contributed by atoms with van der Waals surface area (Å²) in [5, 5.41) is 2.70. The van der Waals surface area contributed by atoms with E-state index in [1.54, 1.807) is 0 Å². The molecule has 0 aliphatic heterocycles. The molecule has 162 valence electrons. The van der Waals surface area contributed by atoms with Crippen molar-refractivity contribution in [2.45, 2.75) is 50.7 Å². The first-order valence-electron chi connectivity index (χ1n) is 9.45. The first kappa shape index (κ1) is 22.1. The van der Waals surface area contributed by atoms with Gasteiger partial charge in [-0.15, -0.1) is 0 Å². The Morgan fingerprint density at radius 3 is 2.40 bits per heavy atom. The van der Waals surface area contributed by atoms with Gasteiger partial charge in [-0.05, 0) is 55.0 Å². The van der Waals surface area contributed by atoms with Crippen LogP contribution in [0.2, 0.25) is 0 Å². The maximum absolute atomic E-state index is 13.8. The van der Waals surface area contributed by atoms with E-state index >= 15 is 0 Å². The lowest BCUT2D eigenvalue weighted by Gasteiger charge is -2.34. The highest BCUT2D eigenvalue weighted by Crippen LogP contribution is 2.41. The number of nitrogens with one attached hydrogen (secondary N) is 1. The first-order valence-corrected chi connectivity index (χ1v) is 9.45. The molecular weight excluding hydrogens is 410 g/mol. The maximum atomic E-state index is 13.8. The highest BCUT2D eigenvalue weighted by atomic mass is 19.4. The smallest absolute Gasteiger partial charge is 0.345 e. The number of carbonyl (C=O) groups is 1. The summed E-state index contributed by atoms with van der Waals surface area (Å²) >= 11 is 0. The first-order chi connectivity index (χ1) is 14.0. The van der Waals surface area contributed by atoms with E-state index in [-0.39, 0.29) is 42.4 Å². The summed E-state index contributed by atoms with van der Waals surface area (Å²) in [6, 6.07) is 5.14. The van der Waals surface area contributed by atoms with E-state index in [0.29, 0.717) is 0 Å². The van der Waals surface area contributed by atoms with Gasteiger partial charge in [0.05, 0.1) is 6.04 Å². The zero-order valence-electron chi connectivity index (χ0n) is 16.1. The van der Waals surface area contributed by atoms with Gasteiger partial charge in [0.2, 0.25) is 5.92 Å². The van der Waals surface area contributed by atoms with Crippen molar-refractivity contribution < 1.29 is 31.1 Å². The molecule has 1 amide bonds. The molecule has 0 radical (unpaired) electrons. The number of nitrogens with zero attached hydrogens (tertiary/aromatic N) is 1. The Balaban J connectivity index is 1.90. The van der Waals surface area contributed by atoms with E-state index in [9.17, 15) is 31.1 Å². The number of rotatable bonds is 4. The SMILES string of the molecule is Cc1c(F)cccc1C(=O)NC(c1ccc(C(F)(F)F)nc1)C1CCC(F)(F)CC1. The Labute approximate surface area is 169 Å². The van der Waals surface area contributed by atoms with Crippen LogP contribution in [0, 0.1) is 18.7 Å². The van der Waals surface area contributed by atoms with Crippen molar-refractivity contribution in [3.8, 4) is 0 Å². The number of hydrogen-bond donors (Lipinski definition) is 1. The van der Waals surface area contributed by atoms with E-state index in [1.807, 2.05) is 0 Å². The van der Waals surface area contributed by atoms with E-state index in [2.05, 4.69) is 10.3 Å². The van der Waals surface area contributed by atoms with Crippen LogP contribution < -0.4 is 5.32 Å². The molecule has 9 heteroatoms. The molecule has 3 nitrogen and oxygen atoms in total. The van der Waals surface area contributed by atoms with Gasteiger partial charge in [-0.25, -0.2) is 13.2 Å². The Bertz CT molecular complexity index is 901. The van der Waals surface area contributed by atoms with Gasteiger partial charge in [-0.2, -0.15) is 13.2 Å². The number of carbonyl (C=O) groups excluding carboxylic acids is 1. The summed E-state index contributed by atoms with van der Waals surface area (Å²) in [5.41, 5.74) is -0.622. The molecule has 1 aromatic carbocycles. The third-order valence-corrected chi connectivity index (χ3v) is 5.47. The van der Waals surface area contributed by atoms with Crippen molar-refractivity contribution in [1.82, 2.24) is 10.3 Å². The minimum atomic E-state index is -4.62. The number of benzene rings is 1. The number of aromatic nitrogens is 1. The highest BCUT2D eigenvalue weighted by molar-refractivity contribution is 5.95. The van der Waals surface area contributed by atoms with Gasteiger partial charge in [0.1, 0.15) is 11.5 Å². The lowest BCUT2D eigenvalue weighted by atomic mass is 9.79. The molecule has 1 heterocycles. The second-order valence-electron chi connectivity index (χ2n) is 7.53. The summed E-state index contributed by atoms with van der Waals surface area (Å²) in [7, 11) is 0. The van der Waals surface area contributed by atoms with Crippen LogP contribution >= 0.6 is 0 Å². The van der Waals surface area contributed by atoms with Crippen LogP contribution in [-0.2, 0) is 6.18 Å². The van der Waals surface area contributed by atoms with Gasteiger partial charge in [0.25, 0.3) is 5.91 Å². The summed E-state index contributed by atoms with van der Waals surface area (Å²) in [4.78, 5) is 16.2. The third-order valence-electron chi connectivity index (χ3n) is 5.47. The number of hydrogen-bond acceptors (Lipinski definition) is 2. The van der Waals surface area contributed by atoms with Crippen molar-refractivity contribution >= 4 is 5.91 Å². The van der Waals surface area contributed by atoms with Gasteiger partial charge < -0.3 is 5.32 Å². The topological polar surface area (TPSA) is 42.0 Å². The molecule has 0 saturated heterocycles. The second-order valence-corrected chi connectivity index (χ2v) is 7.53. The molecule has 1 fully saturated rings. The predicted molar refractivity (Wildman–Crippen MR) is 97.5 cm³/mol. The fourth-order valence-corrected chi connectivity index (χ4v) is 3.70. The molecule has 0 bridgehead atoms. The third kappa shape index (κ3) is 4.94. The van der Waals surface area contributed by atoms with E-state index < -0.39 is 41.5 Å². The van der Waals surface area contributed by atoms with E-state index in [4.69, 9.17) is 0 Å². The molecule has 30 heavy (non-hydrogen) atoms. The maximum Gasteiger partial charge on any atom is 0.433 e. The number of amides is 1. The fraction of sp³-hybridized carbons (Fsp3) is 0.429. The van der Waals surface area contributed by atoms with Crippen molar-refractivity contribution in [1.29, 1.82) is 0 Å². The molecule has 1 aromatic heterocycles. The quantitative estimate of drug-likeness (QED) is 0.619. The molecule has 1 aliphatic rings. The zero-order valence-corrected chi connectivity index (χ0v) is 16.1. The van der Waals surface area contributed by atoms with Crippen LogP contribution in [0.3, 0.4) is 0 Å². The lowest BCUT2D eigenvalue weighted by Crippen LogP contribution is -2.37. The molecule has 1 aliphatic carbocycles. The minimum Gasteiger partial charge on any atom is -0.345 e. The van der Waals surface area contributed by atoms with E-state index in [1.165, 1.54) is 31.2 Å². The standard InChI is InChI=1S/C21H20F6N2O/c1-12-15(3-2-4-16(12)22)19(30)29-18(13-7-9-20(23,24)10-8-13)14-5-6-17(28-11-14)21(25,26)27/h2-6,11,13,18H,7-10H2,1H3,(H,29,30). The van der Waals surface area contributed by atoms with Gasteiger partial charge >= 0.3 is 6.18 Å². The molecule has 1 saturated carbocycles. The van der Waals surface area contributed by atoms with Crippen molar-refractivity contribution in [3.63, 3.8) is 0 Å². The Hall–Kier alpha value is -2.58. The number of halogens is 6. The summed E-state index contributed by atoms with van der Waals surface area (Å²) in [6.07, 6.45) is -4.21. The zero-order chi connectivity index (χ0) is 22.1. The fourth-order valence-electron chi connectivity index (χ4n) is 3.70. The van der Waals surface area contributed by atoms with Gasteiger partial charge in [-0.1, -0.05) is 12.1 Å². The van der Waals surface area contributed by atoms with Crippen LogP contribution in [-0.4, -0.2) is 16.8 Å². The average molecular weight is 430 g/mol. The highest BCUT2D eigenvalue weighted by Gasteiger charge is 2.39. The molecule has 1 N–H and O–H groups in total. The Morgan fingerprint density at radius 1 is 1.17 bits per heavy atom. The predicted octanol–water partition coefficient (Wildman–Crippen LogP) is 5.84. The van der Waals surface area contributed by atoms with Crippen LogP contribution in [0.15, 0.2) is 36.5 Å². The van der Waals surface area contributed by atoms with E-state index in [0.717, 1.165) is 12.3 Å². The second kappa shape index (κ2) is 8.28.